The van der Waals surface area contributed by atoms with Crippen molar-refractivity contribution in [2.24, 2.45) is 5.92 Å². The van der Waals surface area contributed by atoms with E-state index in [0.29, 0.717) is 11.3 Å². The molecule has 0 spiro atoms. The van der Waals surface area contributed by atoms with Gasteiger partial charge in [-0.15, -0.1) is 0 Å². The third-order valence-electron chi connectivity index (χ3n) is 5.17. The molecule has 3 rings (SSSR count). The van der Waals surface area contributed by atoms with Crippen molar-refractivity contribution in [2.45, 2.75) is 31.3 Å². The minimum atomic E-state index is -1.31. The Morgan fingerprint density at radius 2 is 1.81 bits per heavy atom. The largest absolute Gasteiger partial charge is 0.497 e. The van der Waals surface area contributed by atoms with Crippen molar-refractivity contribution in [3.63, 3.8) is 0 Å². The van der Waals surface area contributed by atoms with Gasteiger partial charge >= 0.3 is 5.97 Å². The van der Waals surface area contributed by atoms with Gasteiger partial charge in [0.05, 0.1) is 19.3 Å². The maximum absolute atomic E-state index is 12.9. The number of ether oxygens (including phenoxy) is 2. The molecule has 5 heteroatoms. The molecule has 1 aliphatic rings. The third-order valence-corrected chi connectivity index (χ3v) is 5.17. The zero-order chi connectivity index (χ0) is 19.4. The number of ketones is 1. The lowest BCUT2D eigenvalue weighted by molar-refractivity contribution is -0.158. The van der Waals surface area contributed by atoms with Crippen LogP contribution in [-0.4, -0.2) is 30.6 Å². The first kappa shape index (κ1) is 19.1. The summed E-state index contributed by atoms with van der Waals surface area (Å²) < 4.78 is 10.3. The van der Waals surface area contributed by atoms with E-state index < -0.39 is 23.4 Å². The second kappa shape index (κ2) is 7.92. The van der Waals surface area contributed by atoms with Crippen molar-refractivity contribution >= 4 is 11.8 Å². The summed E-state index contributed by atoms with van der Waals surface area (Å²) in [6, 6.07) is 16.4. The maximum atomic E-state index is 12.9. The van der Waals surface area contributed by atoms with Crippen LogP contribution in [0.2, 0.25) is 0 Å². The summed E-state index contributed by atoms with van der Waals surface area (Å²) in [4.78, 5) is 25.4. The first-order valence-corrected chi connectivity index (χ1v) is 9.09. The normalized spacial score (nSPS) is 25.1. The molecule has 1 N–H and O–H groups in total. The van der Waals surface area contributed by atoms with E-state index in [1.807, 2.05) is 42.5 Å². The number of rotatable bonds is 5. The standard InChI is InChI=1S/C22H24O5/c1-3-27-21(24)20-18(15-9-11-17(26-2)12-10-15)13-22(25,14-19(20)23)16-7-5-4-6-8-16/h4-12,18,20,25H,3,13-14H2,1-2H3/t18-,20+,22+/m0/s1. The van der Waals surface area contributed by atoms with Gasteiger partial charge in [-0.05, 0) is 36.6 Å². The van der Waals surface area contributed by atoms with Gasteiger partial charge in [0.2, 0.25) is 0 Å². The molecular weight excluding hydrogens is 344 g/mol. The Hall–Kier alpha value is -2.66. The molecule has 3 atom stereocenters. The van der Waals surface area contributed by atoms with E-state index in [2.05, 4.69) is 0 Å². The highest BCUT2D eigenvalue weighted by atomic mass is 16.5. The molecule has 1 fully saturated rings. The van der Waals surface area contributed by atoms with Gasteiger partial charge in [-0.3, -0.25) is 9.59 Å². The van der Waals surface area contributed by atoms with E-state index in [0.717, 1.165) is 5.56 Å². The first-order chi connectivity index (χ1) is 13.0. The summed E-state index contributed by atoms with van der Waals surface area (Å²) in [5.41, 5.74) is 0.168. The zero-order valence-corrected chi connectivity index (χ0v) is 15.6. The van der Waals surface area contributed by atoms with Crippen molar-refractivity contribution in [2.75, 3.05) is 13.7 Å². The molecule has 0 saturated heterocycles. The third kappa shape index (κ3) is 3.88. The SMILES string of the molecule is CCOC(=O)[C@H]1C(=O)C[C@@](O)(c2ccccc2)C[C@H]1c1ccc(OC)cc1. The topological polar surface area (TPSA) is 72.8 Å². The minimum Gasteiger partial charge on any atom is -0.497 e. The monoisotopic (exact) mass is 368 g/mol. The lowest BCUT2D eigenvalue weighted by Crippen LogP contribution is -2.45. The van der Waals surface area contributed by atoms with Crippen molar-refractivity contribution < 1.29 is 24.2 Å². The van der Waals surface area contributed by atoms with Crippen LogP contribution in [0, 0.1) is 5.92 Å². The highest BCUT2D eigenvalue weighted by Crippen LogP contribution is 2.46. The van der Waals surface area contributed by atoms with Gasteiger partial charge in [0.15, 0.2) is 5.78 Å². The lowest BCUT2D eigenvalue weighted by atomic mass is 9.66. The van der Waals surface area contributed by atoms with E-state index in [-0.39, 0.29) is 25.2 Å². The van der Waals surface area contributed by atoms with Crippen LogP contribution in [0.1, 0.15) is 36.8 Å². The van der Waals surface area contributed by atoms with Gasteiger partial charge in [-0.25, -0.2) is 0 Å². The highest BCUT2D eigenvalue weighted by molar-refractivity contribution is 6.01. The number of hydrogen-bond acceptors (Lipinski definition) is 5. The smallest absolute Gasteiger partial charge is 0.317 e. The number of Topliss-reactive ketones (excluding diaryl/α,β-unsaturated/α-hetero) is 1. The Kier molecular flexibility index (Phi) is 5.61. The number of aliphatic hydroxyl groups is 1. The van der Waals surface area contributed by atoms with E-state index in [4.69, 9.17) is 9.47 Å². The fraction of sp³-hybridized carbons (Fsp3) is 0.364. The average molecular weight is 368 g/mol. The fourth-order valence-corrected chi connectivity index (χ4v) is 3.83. The molecule has 1 aliphatic carbocycles. The van der Waals surface area contributed by atoms with E-state index >= 15 is 0 Å². The highest BCUT2D eigenvalue weighted by Gasteiger charge is 2.49. The van der Waals surface area contributed by atoms with Crippen LogP contribution in [0.3, 0.4) is 0 Å². The van der Waals surface area contributed by atoms with Crippen molar-refractivity contribution in [3.05, 3.63) is 65.7 Å². The average Bonchev–Trinajstić information content (AvgIpc) is 2.68. The van der Waals surface area contributed by atoms with Crippen molar-refractivity contribution in [3.8, 4) is 5.75 Å². The Balaban J connectivity index is 2.01. The number of methoxy groups -OCH3 is 1. The Labute approximate surface area is 158 Å². The molecule has 1 saturated carbocycles. The maximum Gasteiger partial charge on any atom is 0.317 e. The van der Waals surface area contributed by atoms with Crippen LogP contribution in [0.15, 0.2) is 54.6 Å². The van der Waals surface area contributed by atoms with Gasteiger partial charge in [-0.2, -0.15) is 0 Å². The number of hydrogen-bond donors (Lipinski definition) is 1. The predicted octanol–water partition coefficient (Wildman–Crippen LogP) is 3.21. The van der Waals surface area contributed by atoms with Crippen LogP contribution in [-0.2, 0) is 19.9 Å². The lowest BCUT2D eigenvalue weighted by Gasteiger charge is -2.40. The summed E-state index contributed by atoms with van der Waals surface area (Å²) in [5.74, 6) is -1.53. The minimum absolute atomic E-state index is 0.104. The summed E-state index contributed by atoms with van der Waals surface area (Å²) in [6.45, 7) is 1.93. The Morgan fingerprint density at radius 1 is 1.15 bits per heavy atom. The zero-order valence-electron chi connectivity index (χ0n) is 15.6. The quantitative estimate of drug-likeness (QED) is 0.648. The molecule has 5 nitrogen and oxygen atoms in total. The molecule has 2 aromatic carbocycles. The molecule has 2 aromatic rings. The van der Waals surface area contributed by atoms with Gasteiger partial charge in [0.25, 0.3) is 0 Å². The molecular formula is C22H24O5. The predicted molar refractivity (Wildman–Crippen MR) is 100 cm³/mol. The Bertz CT molecular complexity index is 799. The summed E-state index contributed by atoms with van der Waals surface area (Å²) in [7, 11) is 1.58. The molecule has 0 bridgehead atoms. The van der Waals surface area contributed by atoms with Gasteiger partial charge in [-0.1, -0.05) is 42.5 Å². The van der Waals surface area contributed by atoms with Gasteiger partial charge in [0, 0.05) is 12.3 Å². The fourth-order valence-electron chi connectivity index (χ4n) is 3.83. The molecule has 27 heavy (non-hydrogen) atoms. The van der Waals surface area contributed by atoms with Crippen LogP contribution in [0.5, 0.6) is 5.75 Å². The van der Waals surface area contributed by atoms with Crippen LogP contribution in [0.4, 0.5) is 0 Å². The molecule has 0 unspecified atom stereocenters. The molecule has 0 aromatic heterocycles. The van der Waals surface area contributed by atoms with Crippen molar-refractivity contribution in [1.29, 1.82) is 0 Å². The summed E-state index contributed by atoms with van der Waals surface area (Å²) in [5, 5.41) is 11.3. The molecule has 0 amide bonds. The molecule has 0 aliphatic heterocycles. The van der Waals surface area contributed by atoms with E-state index in [1.165, 1.54) is 0 Å². The first-order valence-electron chi connectivity index (χ1n) is 9.09. The van der Waals surface area contributed by atoms with Crippen LogP contribution >= 0.6 is 0 Å². The van der Waals surface area contributed by atoms with E-state index in [1.54, 1.807) is 26.2 Å². The molecule has 0 radical (unpaired) electrons. The van der Waals surface area contributed by atoms with Gasteiger partial charge < -0.3 is 14.6 Å². The van der Waals surface area contributed by atoms with Gasteiger partial charge in [0.1, 0.15) is 11.7 Å². The van der Waals surface area contributed by atoms with Crippen molar-refractivity contribution in [1.82, 2.24) is 0 Å². The number of esters is 1. The second-order valence-electron chi connectivity index (χ2n) is 6.85. The molecule has 0 heterocycles. The Morgan fingerprint density at radius 3 is 2.41 bits per heavy atom. The number of carbonyl (C=O) groups excluding carboxylic acids is 2. The molecule has 142 valence electrons. The van der Waals surface area contributed by atoms with E-state index in [9.17, 15) is 14.7 Å². The summed E-state index contributed by atoms with van der Waals surface area (Å²) in [6.07, 6.45) is 0.158. The van der Waals surface area contributed by atoms with Crippen LogP contribution in [0.25, 0.3) is 0 Å². The summed E-state index contributed by atoms with van der Waals surface area (Å²) >= 11 is 0. The number of benzene rings is 2. The number of carbonyl (C=O) groups is 2. The van der Waals surface area contributed by atoms with Crippen LogP contribution < -0.4 is 4.74 Å². The second-order valence-corrected chi connectivity index (χ2v) is 6.85.